The summed E-state index contributed by atoms with van der Waals surface area (Å²) in [5, 5.41) is 0. The summed E-state index contributed by atoms with van der Waals surface area (Å²) >= 11 is 0. The van der Waals surface area contributed by atoms with E-state index in [-0.39, 0.29) is 5.56 Å². The average molecular weight is 169 g/mol. The Bertz CT molecular complexity index is 343. The van der Waals surface area contributed by atoms with Crippen molar-refractivity contribution >= 4 is 0 Å². The molecule has 1 aromatic rings. The van der Waals surface area contributed by atoms with Crippen molar-refractivity contribution in [2.45, 2.75) is 19.8 Å². The molecule has 0 saturated heterocycles. The summed E-state index contributed by atoms with van der Waals surface area (Å²) in [5.74, 6) is -0.128. The van der Waals surface area contributed by atoms with E-state index >= 15 is 0 Å². The minimum atomic E-state index is -0.592. The fourth-order valence-corrected chi connectivity index (χ4v) is 0.904. The van der Waals surface area contributed by atoms with Crippen LogP contribution < -0.4 is 11.3 Å². The Morgan fingerprint density at radius 1 is 1.50 bits per heavy atom. The summed E-state index contributed by atoms with van der Waals surface area (Å²) in [7, 11) is 1.39. The standard InChI is InChI=1S/C8H11NO3/c1-3-4-6-5-7(10)9(2)8(11)12-6/h5H,3-4H2,1-2H3. The van der Waals surface area contributed by atoms with Gasteiger partial charge in [0.05, 0.1) is 0 Å². The SMILES string of the molecule is CCCc1cc(=O)n(C)c(=O)o1. The highest BCUT2D eigenvalue weighted by molar-refractivity contribution is 4.94. The molecule has 0 radical (unpaired) electrons. The monoisotopic (exact) mass is 169 g/mol. The van der Waals surface area contributed by atoms with Crippen LogP contribution in [0.2, 0.25) is 0 Å². The third-order valence-corrected chi connectivity index (χ3v) is 1.60. The summed E-state index contributed by atoms with van der Waals surface area (Å²) in [6.07, 6.45) is 1.49. The first-order valence-corrected chi connectivity index (χ1v) is 3.85. The topological polar surface area (TPSA) is 52.2 Å². The molecule has 1 aromatic heterocycles. The lowest BCUT2D eigenvalue weighted by molar-refractivity contribution is 0.402. The summed E-state index contributed by atoms with van der Waals surface area (Å²) in [4.78, 5) is 22.0. The van der Waals surface area contributed by atoms with Crippen LogP contribution in [0.15, 0.2) is 20.1 Å². The first-order chi connectivity index (χ1) is 5.65. The van der Waals surface area contributed by atoms with Crippen molar-refractivity contribution in [3.05, 3.63) is 32.7 Å². The Kier molecular flexibility index (Phi) is 2.47. The lowest BCUT2D eigenvalue weighted by Gasteiger charge is -1.97. The van der Waals surface area contributed by atoms with Gasteiger partial charge in [-0.15, -0.1) is 0 Å². The van der Waals surface area contributed by atoms with Gasteiger partial charge < -0.3 is 4.42 Å². The quantitative estimate of drug-likeness (QED) is 0.639. The highest BCUT2D eigenvalue weighted by Crippen LogP contribution is 1.94. The Morgan fingerprint density at radius 3 is 2.67 bits per heavy atom. The van der Waals surface area contributed by atoms with Crippen LogP contribution in [-0.4, -0.2) is 4.57 Å². The molecule has 0 aliphatic heterocycles. The van der Waals surface area contributed by atoms with Crippen molar-refractivity contribution < 1.29 is 4.42 Å². The maximum Gasteiger partial charge on any atom is 0.421 e. The molecule has 0 aromatic carbocycles. The van der Waals surface area contributed by atoms with Crippen molar-refractivity contribution in [1.29, 1.82) is 0 Å². The largest absolute Gasteiger partial charge is 0.421 e. The van der Waals surface area contributed by atoms with Gasteiger partial charge in [-0.2, -0.15) is 0 Å². The Labute approximate surface area is 69.4 Å². The molecule has 4 nitrogen and oxygen atoms in total. The van der Waals surface area contributed by atoms with Gasteiger partial charge in [-0.1, -0.05) is 6.92 Å². The highest BCUT2D eigenvalue weighted by Gasteiger charge is 2.01. The van der Waals surface area contributed by atoms with Crippen LogP contribution in [0.4, 0.5) is 0 Å². The fraction of sp³-hybridized carbons (Fsp3) is 0.500. The minimum absolute atomic E-state index is 0.310. The van der Waals surface area contributed by atoms with E-state index in [1.807, 2.05) is 6.92 Å². The number of aryl methyl sites for hydroxylation is 1. The first-order valence-electron chi connectivity index (χ1n) is 3.85. The summed E-state index contributed by atoms with van der Waals surface area (Å²) in [5.41, 5.74) is -0.310. The van der Waals surface area contributed by atoms with Crippen molar-refractivity contribution in [3.63, 3.8) is 0 Å². The zero-order valence-electron chi connectivity index (χ0n) is 7.16. The van der Waals surface area contributed by atoms with Crippen LogP contribution >= 0.6 is 0 Å². The van der Waals surface area contributed by atoms with Crippen LogP contribution in [0.3, 0.4) is 0 Å². The molecule has 1 rings (SSSR count). The molecule has 0 saturated carbocycles. The van der Waals surface area contributed by atoms with Crippen molar-refractivity contribution in [3.8, 4) is 0 Å². The van der Waals surface area contributed by atoms with Gasteiger partial charge in [0.1, 0.15) is 5.76 Å². The van der Waals surface area contributed by atoms with E-state index in [4.69, 9.17) is 4.42 Å². The normalized spacial score (nSPS) is 10.2. The summed E-state index contributed by atoms with van der Waals surface area (Å²) < 4.78 is 5.78. The van der Waals surface area contributed by atoms with Crippen LogP contribution in [0.5, 0.6) is 0 Å². The maximum absolute atomic E-state index is 11.0. The predicted molar refractivity (Wildman–Crippen MR) is 44.2 cm³/mol. The average Bonchev–Trinajstić information content (AvgIpc) is 2.01. The van der Waals surface area contributed by atoms with Crippen LogP contribution in [0, 0.1) is 0 Å². The van der Waals surface area contributed by atoms with Crippen LogP contribution in [0.1, 0.15) is 19.1 Å². The molecule has 0 aliphatic rings. The van der Waals surface area contributed by atoms with Crippen molar-refractivity contribution in [2.24, 2.45) is 7.05 Å². The number of hydrogen-bond donors (Lipinski definition) is 0. The molecule has 0 spiro atoms. The third-order valence-electron chi connectivity index (χ3n) is 1.60. The first kappa shape index (κ1) is 8.77. The molecule has 0 bridgehead atoms. The van der Waals surface area contributed by atoms with Gasteiger partial charge in [0, 0.05) is 19.5 Å². The second-order valence-corrected chi connectivity index (χ2v) is 2.63. The molecule has 4 heteroatoms. The Hall–Kier alpha value is -1.32. The van der Waals surface area contributed by atoms with Gasteiger partial charge in [0.15, 0.2) is 0 Å². The summed E-state index contributed by atoms with van der Waals surface area (Å²) in [6.45, 7) is 1.96. The number of hydrogen-bond acceptors (Lipinski definition) is 3. The zero-order valence-corrected chi connectivity index (χ0v) is 7.16. The predicted octanol–water partition coefficient (Wildman–Crippen LogP) is 0.291. The third kappa shape index (κ3) is 1.64. The lowest BCUT2D eigenvalue weighted by atomic mass is 10.3. The van der Waals surface area contributed by atoms with Crippen LogP contribution in [0.25, 0.3) is 0 Å². The number of nitrogens with zero attached hydrogens (tertiary/aromatic N) is 1. The molecule has 0 fully saturated rings. The number of rotatable bonds is 2. The van der Waals surface area contributed by atoms with Gasteiger partial charge in [-0.25, -0.2) is 9.36 Å². The zero-order chi connectivity index (χ0) is 9.14. The van der Waals surface area contributed by atoms with Crippen molar-refractivity contribution in [1.82, 2.24) is 4.57 Å². The maximum atomic E-state index is 11.0. The van der Waals surface area contributed by atoms with Gasteiger partial charge in [-0.05, 0) is 6.42 Å². The van der Waals surface area contributed by atoms with E-state index in [1.54, 1.807) is 0 Å². The smallest absolute Gasteiger partial charge is 0.414 e. The van der Waals surface area contributed by atoms with Gasteiger partial charge >= 0.3 is 5.76 Å². The second-order valence-electron chi connectivity index (χ2n) is 2.63. The lowest BCUT2D eigenvalue weighted by Crippen LogP contribution is -2.29. The number of aromatic nitrogens is 1. The fourth-order valence-electron chi connectivity index (χ4n) is 0.904. The van der Waals surface area contributed by atoms with Gasteiger partial charge in [0.25, 0.3) is 5.56 Å². The van der Waals surface area contributed by atoms with Gasteiger partial charge in [0.2, 0.25) is 0 Å². The molecular formula is C8H11NO3. The molecule has 0 atom stereocenters. The molecule has 0 amide bonds. The van der Waals surface area contributed by atoms with Gasteiger partial charge in [-0.3, -0.25) is 4.79 Å². The van der Waals surface area contributed by atoms with E-state index in [9.17, 15) is 9.59 Å². The molecule has 0 N–H and O–H groups in total. The van der Waals surface area contributed by atoms with E-state index in [1.165, 1.54) is 13.1 Å². The molecular weight excluding hydrogens is 158 g/mol. The molecule has 66 valence electrons. The van der Waals surface area contributed by atoms with E-state index in [0.29, 0.717) is 12.2 Å². The van der Waals surface area contributed by atoms with E-state index in [2.05, 4.69) is 0 Å². The molecule has 0 aliphatic carbocycles. The van der Waals surface area contributed by atoms with Crippen LogP contribution in [-0.2, 0) is 13.5 Å². The molecule has 0 unspecified atom stereocenters. The Morgan fingerprint density at radius 2 is 2.17 bits per heavy atom. The highest BCUT2D eigenvalue weighted by atomic mass is 16.4. The summed E-state index contributed by atoms with van der Waals surface area (Å²) in [6, 6.07) is 1.35. The van der Waals surface area contributed by atoms with Crippen molar-refractivity contribution in [2.75, 3.05) is 0 Å². The van der Waals surface area contributed by atoms with E-state index in [0.717, 1.165) is 11.0 Å². The Balaban J connectivity index is 3.22. The molecule has 12 heavy (non-hydrogen) atoms. The minimum Gasteiger partial charge on any atom is -0.414 e. The second kappa shape index (κ2) is 3.38. The van der Waals surface area contributed by atoms with E-state index < -0.39 is 5.76 Å². The molecule has 1 heterocycles.